The lowest BCUT2D eigenvalue weighted by Crippen LogP contribution is -2.49. The molecule has 3 aliphatic rings. The zero-order valence-electron chi connectivity index (χ0n) is 18.9. The molecular weight excluding hydrogens is 386 g/mol. The smallest absolute Gasteiger partial charge is 0.230 e. The summed E-state index contributed by atoms with van der Waals surface area (Å²) < 4.78 is 1.84. The van der Waals surface area contributed by atoms with Crippen LogP contribution in [0.5, 0.6) is 0 Å². The highest BCUT2D eigenvalue weighted by Gasteiger charge is 2.40. The maximum Gasteiger partial charge on any atom is 0.230 e. The predicted octanol–water partition coefficient (Wildman–Crippen LogP) is 4.21. The molecule has 1 aromatic heterocycles. The number of carbonyl (C=O) groups excluding carboxylic acids is 2. The fourth-order valence-corrected chi connectivity index (χ4v) is 5.57. The Balaban J connectivity index is 1.62. The number of hydrogen-bond donors (Lipinski definition) is 0. The Kier molecular flexibility index (Phi) is 5.25. The highest BCUT2D eigenvalue weighted by Crippen LogP contribution is 2.43. The molecule has 2 heterocycles. The SMILES string of the molecule is CCC(=O)n1cc2c3c(cccc31)C1=C[C@@H](C(=O)N(CC)CC)CN(CC3CC3)[C@@H]1C2. The molecule has 2 aromatic rings. The Labute approximate surface area is 184 Å². The Bertz CT molecular complexity index is 1060. The lowest BCUT2D eigenvalue weighted by atomic mass is 9.79. The molecule has 0 radical (unpaired) electrons. The molecule has 5 nitrogen and oxygen atoms in total. The van der Waals surface area contributed by atoms with Crippen LogP contribution in [0, 0.1) is 11.8 Å². The molecule has 2 aliphatic carbocycles. The fourth-order valence-electron chi connectivity index (χ4n) is 5.57. The molecule has 2 atom stereocenters. The van der Waals surface area contributed by atoms with Crippen LogP contribution >= 0.6 is 0 Å². The molecule has 0 bridgehead atoms. The van der Waals surface area contributed by atoms with Crippen LogP contribution < -0.4 is 0 Å². The number of benzene rings is 1. The van der Waals surface area contributed by atoms with Crippen LogP contribution in [0.15, 0.2) is 30.5 Å². The molecule has 164 valence electrons. The molecule has 5 rings (SSSR count). The van der Waals surface area contributed by atoms with Gasteiger partial charge in [-0.15, -0.1) is 0 Å². The van der Waals surface area contributed by atoms with Gasteiger partial charge < -0.3 is 4.90 Å². The minimum atomic E-state index is -0.0962. The number of hydrogen-bond acceptors (Lipinski definition) is 3. The number of aromatic nitrogens is 1. The standard InChI is InChI=1S/C26H33N3O2/c1-4-24(30)29-16-18-13-23-21(20-8-7-9-22(29)25(18)20)12-19(26(31)27(5-2)6-3)15-28(23)14-17-10-11-17/h7-9,12,16-17,19,23H,4-6,10-11,13-15H2,1-3H3/t19-,23-/m1/s1. The fraction of sp³-hybridized carbons (Fsp3) is 0.538. The molecule has 31 heavy (non-hydrogen) atoms. The van der Waals surface area contributed by atoms with Gasteiger partial charge in [-0.1, -0.05) is 25.1 Å². The zero-order valence-corrected chi connectivity index (χ0v) is 18.9. The summed E-state index contributed by atoms with van der Waals surface area (Å²) in [7, 11) is 0. The van der Waals surface area contributed by atoms with E-state index in [-0.39, 0.29) is 17.7 Å². The summed E-state index contributed by atoms with van der Waals surface area (Å²) in [6.07, 6.45) is 8.35. The average Bonchev–Trinajstić information content (AvgIpc) is 3.53. The third-order valence-corrected chi connectivity index (χ3v) is 7.40. The second-order valence-electron chi connectivity index (χ2n) is 9.33. The van der Waals surface area contributed by atoms with E-state index in [1.54, 1.807) is 0 Å². The van der Waals surface area contributed by atoms with Crippen molar-refractivity contribution in [3.8, 4) is 0 Å². The lowest BCUT2D eigenvalue weighted by Gasteiger charge is -2.42. The van der Waals surface area contributed by atoms with Crippen molar-refractivity contribution in [2.45, 2.75) is 52.5 Å². The number of carbonyl (C=O) groups is 2. The third kappa shape index (κ3) is 3.43. The van der Waals surface area contributed by atoms with Crippen molar-refractivity contribution < 1.29 is 9.59 Å². The molecule has 0 spiro atoms. The monoisotopic (exact) mass is 419 g/mol. The summed E-state index contributed by atoms with van der Waals surface area (Å²) in [6, 6.07) is 6.60. The summed E-state index contributed by atoms with van der Waals surface area (Å²) in [5, 5.41) is 1.20. The van der Waals surface area contributed by atoms with Gasteiger partial charge in [0, 0.05) is 50.2 Å². The van der Waals surface area contributed by atoms with Gasteiger partial charge in [0.25, 0.3) is 0 Å². The van der Waals surface area contributed by atoms with Crippen molar-refractivity contribution in [1.29, 1.82) is 0 Å². The van der Waals surface area contributed by atoms with Crippen molar-refractivity contribution in [1.82, 2.24) is 14.4 Å². The molecule has 1 amide bonds. The van der Waals surface area contributed by atoms with E-state index in [0.29, 0.717) is 12.5 Å². The lowest BCUT2D eigenvalue weighted by molar-refractivity contribution is -0.134. The molecule has 1 fully saturated rings. The summed E-state index contributed by atoms with van der Waals surface area (Å²) in [6.45, 7) is 9.42. The van der Waals surface area contributed by atoms with E-state index in [1.807, 2.05) is 16.4 Å². The maximum atomic E-state index is 13.3. The molecule has 1 aromatic carbocycles. The van der Waals surface area contributed by atoms with E-state index in [9.17, 15) is 9.59 Å². The predicted molar refractivity (Wildman–Crippen MR) is 124 cm³/mol. The number of amides is 1. The van der Waals surface area contributed by atoms with E-state index in [1.165, 1.54) is 34.9 Å². The first-order valence-electron chi connectivity index (χ1n) is 12.0. The van der Waals surface area contributed by atoms with Crippen LogP contribution in [0.3, 0.4) is 0 Å². The highest BCUT2D eigenvalue weighted by atomic mass is 16.2. The van der Waals surface area contributed by atoms with Crippen molar-refractivity contribution in [2.75, 3.05) is 26.2 Å². The van der Waals surface area contributed by atoms with Crippen LogP contribution in [0.25, 0.3) is 16.5 Å². The summed E-state index contributed by atoms with van der Waals surface area (Å²) in [4.78, 5) is 30.4. The van der Waals surface area contributed by atoms with Gasteiger partial charge in [-0.2, -0.15) is 0 Å². The Morgan fingerprint density at radius 2 is 1.90 bits per heavy atom. The van der Waals surface area contributed by atoms with Gasteiger partial charge in [-0.25, -0.2) is 0 Å². The highest BCUT2D eigenvalue weighted by molar-refractivity contribution is 6.03. The van der Waals surface area contributed by atoms with Gasteiger partial charge in [-0.05, 0) is 61.8 Å². The van der Waals surface area contributed by atoms with E-state index in [4.69, 9.17) is 0 Å². The van der Waals surface area contributed by atoms with E-state index in [0.717, 1.165) is 44.0 Å². The normalized spacial score (nSPS) is 22.9. The van der Waals surface area contributed by atoms with E-state index >= 15 is 0 Å². The van der Waals surface area contributed by atoms with Gasteiger partial charge >= 0.3 is 0 Å². The van der Waals surface area contributed by atoms with Crippen LogP contribution in [-0.2, 0) is 11.2 Å². The van der Waals surface area contributed by atoms with E-state index in [2.05, 4.69) is 49.2 Å². The first-order valence-corrected chi connectivity index (χ1v) is 12.0. The minimum absolute atomic E-state index is 0.0962. The van der Waals surface area contributed by atoms with Gasteiger partial charge in [0.15, 0.2) is 0 Å². The van der Waals surface area contributed by atoms with Crippen molar-refractivity contribution in [2.24, 2.45) is 11.8 Å². The van der Waals surface area contributed by atoms with Crippen molar-refractivity contribution >= 4 is 28.3 Å². The summed E-state index contributed by atoms with van der Waals surface area (Å²) in [5.41, 5.74) is 4.77. The molecule has 5 heteroatoms. The molecule has 0 N–H and O–H groups in total. The largest absolute Gasteiger partial charge is 0.343 e. The number of nitrogens with zero attached hydrogens (tertiary/aromatic N) is 3. The van der Waals surface area contributed by atoms with E-state index < -0.39 is 0 Å². The topological polar surface area (TPSA) is 45.6 Å². The maximum absolute atomic E-state index is 13.3. The second kappa shape index (κ2) is 7.94. The Hall–Kier alpha value is -2.40. The Morgan fingerprint density at radius 1 is 1.13 bits per heavy atom. The molecule has 0 unspecified atom stereocenters. The minimum Gasteiger partial charge on any atom is -0.343 e. The van der Waals surface area contributed by atoms with Crippen molar-refractivity contribution in [3.05, 3.63) is 41.6 Å². The number of rotatable bonds is 6. The first-order chi connectivity index (χ1) is 15.0. The molecular formula is C26H33N3O2. The van der Waals surface area contributed by atoms with Gasteiger partial charge in [0.1, 0.15) is 0 Å². The quantitative estimate of drug-likeness (QED) is 0.705. The summed E-state index contributed by atoms with van der Waals surface area (Å²) in [5.74, 6) is 1.05. The van der Waals surface area contributed by atoms with Gasteiger partial charge in [0.05, 0.1) is 11.4 Å². The van der Waals surface area contributed by atoms with Crippen LogP contribution in [0.4, 0.5) is 0 Å². The molecule has 0 saturated heterocycles. The van der Waals surface area contributed by atoms with Crippen LogP contribution in [0.2, 0.25) is 0 Å². The average molecular weight is 420 g/mol. The molecule has 1 saturated carbocycles. The van der Waals surface area contributed by atoms with Gasteiger partial charge in [0.2, 0.25) is 11.8 Å². The second-order valence-corrected chi connectivity index (χ2v) is 9.33. The first kappa shape index (κ1) is 20.5. The van der Waals surface area contributed by atoms with Crippen molar-refractivity contribution in [3.63, 3.8) is 0 Å². The van der Waals surface area contributed by atoms with Crippen LogP contribution in [0.1, 0.15) is 56.0 Å². The third-order valence-electron chi connectivity index (χ3n) is 7.40. The van der Waals surface area contributed by atoms with Gasteiger partial charge in [-0.3, -0.25) is 19.1 Å². The summed E-state index contributed by atoms with van der Waals surface area (Å²) >= 11 is 0. The molecule has 1 aliphatic heterocycles. The zero-order chi connectivity index (χ0) is 21.7. The van der Waals surface area contributed by atoms with Crippen LogP contribution in [-0.4, -0.2) is 58.4 Å². The Morgan fingerprint density at radius 3 is 2.58 bits per heavy atom. The number of fused-ring (bicyclic) bond motifs is 2.